The first-order chi connectivity index (χ1) is 31.7. The molecule has 0 saturated carbocycles. The molecule has 0 aliphatic carbocycles. The lowest BCUT2D eigenvalue weighted by atomic mass is 10.1. The van der Waals surface area contributed by atoms with Crippen molar-refractivity contribution in [2.45, 2.75) is 6.10 Å². The fourth-order valence-electron chi connectivity index (χ4n) is 6.44. The van der Waals surface area contributed by atoms with E-state index < -0.39 is 29.9 Å². The minimum absolute atomic E-state index is 0.00146. The number of nitrogens with zero attached hydrogens (tertiary/aromatic N) is 4. The van der Waals surface area contributed by atoms with Gasteiger partial charge in [0.15, 0.2) is 40.5 Å². The van der Waals surface area contributed by atoms with Crippen molar-refractivity contribution in [1.29, 1.82) is 10.5 Å². The first-order valence-electron chi connectivity index (χ1n) is 19.6. The summed E-state index contributed by atoms with van der Waals surface area (Å²) in [5.74, 6) is -1.64. The van der Waals surface area contributed by atoms with Gasteiger partial charge in [-0.1, -0.05) is 59.4 Å². The van der Waals surface area contributed by atoms with E-state index in [9.17, 15) is 29.7 Å². The van der Waals surface area contributed by atoms with Crippen LogP contribution in [0.1, 0.15) is 52.8 Å². The van der Waals surface area contributed by atoms with Crippen molar-refractivity contribution in [2.75, 3.05) is 30.5 Å². The van der Waals surface area contributed by atoms with Crippen LogP contribution in [-0.4, -0.2) is 60.0 Å². The molecule has 17 heteroatoms. The van der Waals surface area contributed by atoms with Crippen LogP contribution >= 0.6 is 0 Å². The van der Waals surface area contributed by atoms with E-state index in [-0.39, 0.29) is 76.4 Å². The van der Waals surface area contributed by atoms with Gasteiger partial charge in [0.25, 0.3) is 11.8 Å². The van der Waals surface area contributed by atoms with Gasteiger partial charge in [0.1, 0.15) is 31.3 Å². The van der Waals surface area contributed by atoms with E-state index in [4.69, 9.17) is 32.7 Å². The number of esters is 2. The van der Waals surface area contributed by atoms with Crippen LogP contribution in [0.25, 0.3) is 22.6 Å². The van der Waals surface area contributed by atoms with E-state index in [0.717, 1.165) is 12.1 Å². The van der Waals surface area contributed by atoms with Crippen LogP contribution in [-0.2, 0) is 4.74 Å². The molecular formula is C48H32N6O11. The molecule has 1 unspecified atom stereocenters. The van der Waals surface area contributed by atoms with Gasteiger partial charge >= 0.3 is 11.9 Å². The quantitative estimate of drug-likeness (QED) is 0.0597. The third-order valence-corrected chi connectivity index (χ3v) is 9.56. The number of amides is 2. The first-order valence-corrected chi connectivity index (χ1v) is 19.6. The lowest BCUT2D eigenvalue weighted by Gasteiger charge is -2.26. The number of rotatable bonds is 14. The van der Waals surface area contributed by atoms with Gasteiger partial charge < -0.3 is 43.4 Å². The summed E-state index contributed by atoms with van der Waals surface area (Å²) in [6.07, 6.45) is 1.17. The fraction of sp³-hybridized carbons (Fsp3) is 0.0833. The van der Waals surface area contributed by atoms with Crippen molar-refractivity contribution in [3.05, 3.63) is 168 Å². The number of para-hydroxylation sites is 4. The Morgan fingerprint density at radius 1 is 0.677 bits per heavy atom. The lowest BCUT2D eigenvalue weighted by molar-refractivity contribution is 0.0399. The van der Waals surface area contributed by atoms with Crippen LogP contribution in [0.4, 0.5) is 11.4 Å². The van der Waals surface area contributed by atoms with Crippen LogP contribution in [0.3, 0.4) is 0 Å². The SMILES string of the molecule is C=CCOc1ccccc1-c1cc(C(=O)Nc2ccc(C#N)cc2C(=O)OC(=O)c2cc(C#N)ccc2NC(=O)c2cc(-c3ccccc3OCC3COc4ccccc4O3)on2)no1. The molecule has 3 heterocycles. The van der Waals surface area contributed by atoms with E-state index in [0.29, 0.717) is 34.1 Å². The minimum Gasteiger partial charge on any atom is -0.489 e. The molecule has 1 aliphatic heterocycles. The van der Waals surface area contributed by atoms with Crippen molar-refractivity contribution < 1.29 is 51.9 Å². The summed E-state index contributed by atoms with van der Waals surface area (Å²) < 4.78 is 39.7. The van der Waals surface area contributed by atoms with Crippen LogP contribution in [0, 0.1) is 22.7 Å². The number of hydrogen-bond donors (Lipinski definition) is 2. The highest BCUT2D eigenvalue weighted by molar-refractivity contribution is 6.12. The van der Waals surface area contributed by atoms with Gasteiger partial charge in [0.2, 0.25) is 0 Å². The van der Waals surface area contributed by atoms with Gasteiger partial charge in [-0.3, -0.25) is 9.59 Å². The van der Waals surface area contributed by atoms with Crippen molar-refractivity contribution in [3.63, 3.8) is 0 Å². The number of nitriles is 2. The lowest BCUT2D eigenvalue weighted by Crippen LogP contribution is -2.34. The number of carbonyl (C=O) groups is 4. The van der Waals surface area contributed by atoms with E-state index >= 15 is 0 Å². The van der Waals surface area contributed by atoms with Crippen molar-refractivity contribution in [3.8, 4) is 57.8 Å². The Kier molecular flexibility index (Phi) is 12.4. The molecule has 5 aromatic carbocycles. The number of hydrogen-bond acceptors (Lipinski definition) is 15. The van der Waals surface area contributed by atoms with E-state index in [1.807, 2.05) is 30.3 Å². The Hall–Kier alpha value is -9.48. The number of benzene rings is 5. The fourth-order valence-corrected chi connectivity index (χ4v) is 6.44. The summed E-state index contributed by atoms with van der Waals surface area (Å²) in [5.41, 5.74) is -0.391. The van der Waals surface area contributed by atoms with Gasteiger partial charge in [-0.25, -0.2) is 9.59 Å². The van der Waals surface area contributed by atoms with Gasteiger partial charge in [-0.05, 0) is 72.8 Å². The van der Waals surface area contributed by atoms with Crippen LogP contribution < -0.4 is 29.6 Å². The molecule has 1 atom stereocenters. The van der Waals surface area contributed by atoms with Crippen molar-refractivity contribution >= 4 is 35.1 Å². The number of carbonyl (C=O) groups excluding carboxylic acids is 4. The highest BCUT2D eigenvalue weighted by Gasteiger charge is 2.27. The first kappa shape index (κ1) is 42.2. The maximum Gasteiger partial charge on any atom is 0.348 e. The van der Waals surface area contributed by atoms with Gasteiger partial charge in [0, 0.05) is 12.1 Å². The third kappa shape index (κ3) is 9.55. The molecule has 2 N–H and O–H groups in total. The Balaban J connectivity index is 0.960. The maximum atomic E-state index is 13.7. The molecule has 17 nitrogen and oxygen atoms in total. The molecule has 1 aliphatic rings. The summed E-state index contributed by atoms with van der Waals surface area (Å²) in [4.78, 5) is 54.3. The predicted molar refractivity (Wildman–Crippen MR) is 229 cm³/mol. The zero-order chi connectivity index (χ0) is 45.3. The second-order valence-electron chi connectivity index (χ2n) is 13.9. The third-order valence-electron chi connectivity index (χ3n) is 9.56. The molecule has 0 fully saturated rings. The Morgan fingerprint density at radius 3 is 1.72 bits per heavy atom. The van der Waals surface area contributed by atoms with Crippen LogP contribution in [0.5, 0.6) is 23.0 Å². The molecule has 65 heavy (non-hydrogen) atoms. The molecule has 7 aromatic rings. The summed E-state index contributed by atoms with van der Waals surface area (Å²) in [6.45, 7) is 4.28. The van der Waals surface area contributed by atoms with E-state index in [1.165, 1.54) is 36.4 Å². The topological polar surface area (TPSA) is 238 Å². The standard InChI is InChI=1S/C48H32N6O11/c1-2-19-59-39-11-5-3-9-31(39)43-22-37(53-64-43)45(55)51-35-17-15-28(24-49)20-33(35)47(57)63-48(58)34-21-29(25-50)16-18-36(34)52-46(56)38-23-44(65-54-38)32-10-4-6-12-40(32)60-26-30-27-61-41-13-7-8-14-42(41)62-30/h2-18,20-23,30H,1,19,26-27H2,(H,51,55)(H,52,56). The molecule has 8 rings (SSSR count). The van der Waals surface area contributed by atoms with Crippen molar-refractivity contribution in [2.24, 2.45) is 0 Å². The summed E-state index contributed by atoms with van der Waals surface area (Å²) >= 11 is 0. The van der Waals surface area contributed by atoms with Crippen LogP contribution in [0.15, 0.2) is 143 Å². The minimum atomic E-state index is -1.27. The summed E-state index contributed by atoms with van der Waals surface area (Å²) in [5, 5.41) is 32.1. The molecule has 2 amide bonds. The molecule has 0 radical (unpaired) electrons. The number of ether oxygens (including phenoxy) is 5. The number of aromatic nitrogens is 2. The Labute approximate surface area is 368 Å². The molecule has 0 saturated heterocycles. The highest BCUT2D eigenvalue weighted by atomic mass is 16.6. The molecule has 320 valence electrons. The number of anilines is 2. The van der Waals surface area contributed by atoms with Crippen molar-refractivity contribution in [1.82, 2.24) is 10.3 Å². The zero-order valence-corrected chi connectivity index (χ0v) is 33.8. The monoisotopic (exact) mass is 868 g/mol. The largest absolute Gasteiger partial charge is 0.489 e. The number of nitrogens with one attached hydrogen (secondary N) is 2. The van der Waals surface area contributed by atoms with Crippen LogP contribution in [0.2, 0.25) is 0 Å². The number of fused-ring (bicyclic) bond motifs is 1. The zero-order valence-electron chi connectivity index (χ0n) is 33.8. The smallest absolute Gasteiger partial charge is 0.348 e. The van der Waals surface area contributed by atoms with Gasteiger partial charge in [0.05, 0.1) is 56.9 Å². The molecule has 0 spiro atoms. The van der Waals surface area contributed by atoms with E-state index in [1.54, 1.807) is 60.7 Å². The maximum absolute atomic E-state index is 13.7. The second-order valence-corrected chi connectivity index (χ2v) is 13.9. The van der Waals surface area contributed by atoms with Gasteiger partial charge in [-0.15, -0.1) is 0 Å². The van der Waals surface area contributed by atoms with E-state index in [2.05, 4.69) is 27.5 Å². The molecular weight excluding hydrogens is 837 g/mol. The second kappa shape index (κ2) is 19.1. The summed E-state index contributed by atoms with van der Waals surface area (Å²) in [7, 11) is 0. The normalized spacial score (nSPS) is 12.4. The highest BCUT2D eigenvalue weighted by Crippen LogP contribution is 2.34. The summed E-state index contributed by atoms with van der Waals surface area (Å²) in [6, 6.07) is 35.2. The average molecular weight is 869 g/mol. The predicted octanol–water partition coefficient (Wildman–Crippen LogP) is 8.03. The molecule has 2 aromatic heterocycles. The molecule has 0 bridgehead atoms. The Morgan fingerprint density at radius 2 is 1.18 bits per heavy atom. The average Bonchev–Trinajstić information content (AvgIpc) is 4.05. The Bertz CT molecular complexity index is 3070. The van der Waals surface area contributed by atoms with Gasteiger partial charge in [-0.2, -0.15) is 10.5 Å².